The summed E-state index contributed by atoms with van der Waals surface area (Å²) in [5.74, 6) is 0.0852. The number of Topliss-reactive ketones (excluding diaryl/α,β-unsaturated/α-hetero) is 1. The number of likely N-dealkylation sites (tertiary alicyclic amines) is 1. The fraction of sp³-hybridized carbons (Fsp3) is 0.533. The van der Waals surface area contributed by atoms with Gasteiger partial charge in [-0.2, -0.15) is 0 Å². The van der Waals surface area contributed by atoms with E-state index in [0.29, 0.717) is 21.7 Å². The first-order valence-electron chi connectivity index (χ1n) is 6.79. The second-order valence-electron chi connectivity index (χ2n) is 5.11. The fourth-order valence-corrected chi connectivity index (χ4v) is 3.37. The van der Waals surface area contributed by atoms with Crippen molar-refractivity contribution in [1.29, 1.82) is 0 Å². The van der Waals surface area contributed by atoms with Crippen LogP contribution >= 0.6 is 23.2 Å². The van der Waals surface area contributed by atoms with Crippen molar-refractivity contribution in [3.05, 3.63) is 33.8 Å². The van der Waals surface area contributed by atoms with E-state index in [2.05, 4.69) is 11.8 Å². The molecule has 0 radical (unpaired) electrons. The minimum atomic E-state index is -0.119. The minimum absolute atomic E-state index is 0.0852. The molecule has 1 fully saturated rings. The zero-order valence-electron chi connectivity index (χ0n) is 11.3. The second-order valence-corrected chi connectivity index (χ2v) is 5.95. The molecule has 0 spiro atoms. The van der Waals surface area contributed by atoms with Gasteiger partial charge in [0, 0.05) is 16.6 Å². The van der Waals surface area contributed by atoms with Gasteiger partial charge in [-0.15, -0.1) is 0 Å². The molecular formula is C15H19Cl2NO. The molecule has 2 unspecified atom stereocenters. The number of hydrogen-bond acceptors (Lipinski definition) is 2. The van der Waals surface area contributed by atoms with E-state index in [4.69, 9.17) is 23.2 Å². The smallest absolute Gasteiger partial charge is 0.181 e. The maximum atomic E-state index is 12.6. The number of carbonyl (C=O) groups excluding carboxylic acids is 1. The summed E-state index contributed by atoms with van der Waals surface area (Å²) in [7, 11) is 0. The van der Waals surface area contributed by atoms with Gasteiger partial charge in [0.2, 0.25) is 0 Å². The van der Waals surface area contributed by atoms with Gasteiger partial charge in [0.15, 0.2) is 5.78 Å². The van der Waals surface area contributed by atoms with E-state index in [0.717, 1.165) is 13.0 Å². The van der Waals surface area contributed by atoms with Crippen molar-refractivity contribution in [2.75, 3.05) is 6.54 Å². The Labute approximate surface area is 124 Å². The third-order valence-electron chi connectivity index (χ3n) is 3.97. The summed E-state index contributed by atoms with van der Waals surface area (Å²) in [6, 6.07) is 5.47. The Bertz CT molecular complexity index is 475. The molecule has 4 heteroatoms. The van der Waals surface area contributed by atoms with Gasteiger partial charge >= 0.3 is 0 Å². The van der Waals surface area contributed by atoms with E-state index in [-0.39, 0.29) is 11.8 Å². The molecule has 1 saturated heterocycles. The zero-order chi connectivity index (χ0) is 14.0. The molecule has 0 bridgehead atoms. The predicted molar refractivity (Wildman–Crippen MR) is 80.3 cm³/mol. The Morgan fingerprint density at radius 1 is 1.47 bits per heavy atom. The number of rotatable bonds is 4. The summed E-state index contributed by atoms with van der Waals surface area (Å²) in [5, 5.41) is 0.999. The van der Waals surface area contributed by atoms with Crippen LogP contribution in [0.15, 0.2) is 18.2 Å². The number of nitrogens with zero attached hydrogens (tertiary/aromatic N) is 1. The Kier molecular flexibility index (Phi) is 4.88. The zero-order valence-corrected chi connectivity index (χ0v) is 12.8. The first-order chi connectivity index (χ1) is 9.04. The summed E-state index contributed by atoms with van der Waals surface area (Å²) in [4.78, 5) is 14.9. The summed E-state index contributed by atoms with van der Waals surface area (Å²) in [6.07, 6.45) is 3.44. The predicted octanol–water partition coefficient (Wildman–Crippen LogP) is 4.44. The van der Waals surface area contributed by atoms with Crippen molar-refractivity contribution >= 4 is 29.0 Å². The van der Waals surface area contributed by atoms with Gasteiger partial charge < -0.3 is 0 Å². The standard InChI is InChI=1S/C15H19Cl2NO/c1-3-12-5-4-8-18(12)10(2)15(19)13-7-6-11(16)9-14(13)17/h6-7,9-10,12H,3-5,8H2,1-2H3. The Morgan fingerprint density at radius 3 is 2.84 bits per heavy atom. The van der Waals surface area contributed by atoms with E-state index in [9.17, 15) is 4.79 Å². The first-order valence-corrected chi connectivity index (χ1v) is 7.55. The molecule has 104 valence electrons. The lowest BCUT2D eigenvalue weighted by Crippen LogP contribution is -2.42. The molecule has 0 aromatic heterocycles. The number of halogens is 2. The van der Waals surface area contributed by atoms with Crippen molar-refractivity contribution < 1.29 is 4.79 Å². The highest BCUT2D eigenvalue weighted by Gasteiger charge is 2.31. The van der Waals surface area contributed by atoms with Gasteiger partial charge in [-0.25, -0.2) is 0 Å². The molecule has 2 nitrogen and oxygen atoms in total. The number of hydrogen-bond donors (Lipinski definition) is 0. The second kappa shape index (κ2) is 6.25. The lowest BCUT2D eigenvalue weighted by Gasteiger charge is -2.29. The summed E-state index contributed by atoms with van der Waals surface area (Å²) < 4.78 is 0. The molecule has 19 heavy (non-hydrogen) atoms. The molecule has 1 aliphatic heterocycles. The lowest BCUT2D eigenvalue weighted by molar-refractivity contribution is 0.0817. The van der Waals surface area contributed by atoms with Gasteiger partial charge in [-0.3, -0.25) is 9.69 Å². The third kappa shape index (κ3) is 3.13. The summed E-state index contributed by atoms with van der Waals surface area (Å²) in [6.45, 7) is 5.15. The van der Waals surface area contributed by atoms with Gasteiger partial charge in [-0.1, -0.05) is 30.1 Å². The molecular weight excluding hydrogens is 281 g/mol. The molecule has 1 aromatic rings. The van der Waals surface area contributed by atoms with Gasteiger partial charge in [0.25, 0.3) is 0 Å². The van der Waals surface area contributed by atoms with Gasteiger partial charge in [0.05, 0.1) is 11.1 Å². The van der Waals surface area contributed by atoms with Crippen molar-refractivity contribution in [2.24, 2.45) is 0 Å². The number of ketones is 1. The third-order valence-corrected chi connectivity index (χ3v) is 4.52. The average Bonchev–Trinajstić information content (AvgIpc) is 2.85. The molecule has 0 amide bonds. The van der Waals surface area contributed by atoms with Crippen LogP contribution in [0, 0.1) is 0 Å². The molecule has 1 aliphatic rings. The van der Waals surface area contributed by atoms with Crippen LogP contribution in [-0.4, -0.2) is 29.3 Å². The molecule has 2 atom stereocenters. The quantitative estimate of drug-likeness (QED) is 0.766. The van der Waals surface area contributed by atoms with Crippen LogP contribution < -0.4 is 0 Å². The van der Waals surface area contributed by atoms with Crippen LogP contribution in [-0.2, 0) is 0 Å². The van der Waals surface area contributed by atoms with E-state index in [1.165, 1.54) is 12.8 Å². The van der Waals surface area contributed by atoms with Crippen molar-refractivity contribution in [3.8, 4) is 0 Å². The van der Waals surface area contributed by atoms with Crippen LogP contribution in [0.5, 0.6) is 0 Å². The summed E-state index contributed by atoms with van der Waals surface area (Å²) in [5.41, 5.74) is 0.570. The number of carbonyl (C=O) groups is 1. The van der Waals surface area contributed by atoms with Gasteiger partial charge in [0.1, 0.15) is 0 Å². The van der Waals surface area contributed by atoms with Crippen molar-refractivity contribution in [2.45, 2.75) is 45.2 Å². The number of benzene rings is 1. The maximum absolute atomic E-state index is 12.6. The fourth-order valence-electron chi connectivity index (χ4n) is 2.87. The van der Waals surface area contributed by atoms with E-state index >= 15 is 0 Å². The Hall–Kier alpha value is -0.570. The molecule has 1 aromatic carbocycles. The van der Waals surface area contributed by atoms with E-state index in [1.54, 1.807) is 18.2 Å². The van der Waals surface area contributed by atoms with E-state index < -0.39 is 0 Å². The molecule has 0 saturated carbocycles. The van der Waals surface area contributed by atoms with Crippen LogP contribution in [0.3, 0.4) is 0 Å². The highest BCUT2D eigenvalue weighted by molar-refractivity contribution is 6.37. The van der Waals surface area contributed by atoms with Crippen LogP contribution in [0.1, 0.15) is 43.5 Å². The maximum Gasteiger partial charge on any atom is 0.181 e. The SMILES string of the molecule is CCC1CCCN1C(C)C(=O)c1ccc(Cl)cc1Cl. The topological polar surface area (TPSA) is 20.3 Å². The monoisotopic (exact) mass is 299 g/mol. The molecule has 0 N–H and O–H groups in total. The van der Waals surface area contributed by atoms with Crippen LogP contribution in [0.2, 0.25) is 10.0 Å². The lowest BCUT2D eigenvalue weighted by atomic mass is 10.0. The largest absolute Gasteiger partial charge is 0.292 e. The highest BCUT2D eigenvalue weighted by atomic mass is 35.5. The minimum Gasteiger partial charge on any atom is -0.292 e. The first kappa shape index (κ1) is 14.8. The van der Waals surface area contributed by atoms with Crippen molar-refractivity contribution in [1.82, 2.24) is 4.90 Å². The van der Waals surface area contributed by atoms with Crippen LogP contribution in [0.4, 0.5) is 0 Å². The summed E-state index contributed by atoms with van der Waals surface area (Å²) >= 11 is 12.0. The molecule has 2 rings (SSSR count). The molecule has 1 heterocycles. The Morgan fingerprint density at radius 2 is 2.21 bits per heavy atom. The van der Waals surface area contributed by atoms with Crippen LogP contribution in [0.25, 0.3) is 0 Å². The average molecular weight is 300 g/mol. The Balaban J connectivity index is 2.19. The highest BCUT2D eigenvalue weighted by Crippen LogP contribution is 2.27. The van der Waals surface area contributed by atoms with Crippen molar-refractivity contribution in [3.63, 3.8) is 0 Å². The van der Waals surface area contributed by atoms with Gasteiger partial charge in [-0.05, 0) is 50.9 Å². The molecule has 0 aliphatic carbocycles. The normalized spacial score (nSPS) is 21.6. The van der Waals surface area contributed by atoms with E-state index in [1.807, 2.05) is 6.92 Å².